The molecule has 1 saturated heterocycles. The third-order valence-corrected chi connectivity index (χ3v) is 8.57. The van der Waals surface area contributed by atoms with E-state index in [-0.39, 0.29) is 23.3 Å². The maximum atomic E-state index is 13.1. The fourth-order valence-corrected chi connectivity index (χ4v) is 6.18. The van der Waals surface area contributed by atoms with Gasteiger partial charge in [-0.15, -0.1) is 0 Å². The normalized spacial score (nSPS) is 18.7. The number of nitrogens with one attached hydrogen (secondary N) is 1. The van der Waals surface area contributed by atoms with E-state index in [2.05, 4.69) is 4.98 Å². The number of hydrogen-bond donors (Lipinski definition) is 1. The van der Waals surface area contributed by atoms with E-state index >= 15 is 0 Å². The van der Waals surface area contributed by atoms with Crippen LogP contribution in [-0.2, 0) is 10.0 Å². The second-order valence-electron chi connectivity index (χ2n) is 8.85. The minimum absolute atomic E-state index is 0.0432. The molecule has 1 saturated carbocycles. The Labute approximate surface area is 194 Å². The van der Waals surface area contributed by atoms with E-state index in [1.165, 1.54) is 17.1 Å². The van der Waals surface area contributed by atoms with E-state index in [9.17, 15) is 13.2 Å². The number of carbonyl (C=O) groups excluding carboxylic acids is 1. The largest absolute Gasteiger partial charge is 0.490 e. The summed E-state index contributed by atoms with van der Waals surface area (Å²) in [4.78, 5) is 18.3. The van der Waals surface area contributed by atoms with Crippen LogP contribution < -0.4 is 4.74 Å². The Kier molecular flexibility index (Phi) is 6.23. The lowest BCUT2D eigenvalue weighted by Gasteiger charge is -2.33. The number of aromatic nitrogens is 1. The number of Topliss-reactive ketones (excluding diaryl/α,β-unsaturated/α-hetero) is 1. The van der Waals surface area contributed by atoms with Crippen LogP contribution in [0, 0.1) is 0 Å². The number of piperazine rings is 1. The zero-order valence-electron chi connectivity index (χ0n) is 18.6. The van der Waals surface area contributed by atoms with Crippen molar-refractivity contribution in [3.8, 4) is 5.75 Å². The number of benzene rings is 2. The molecule has 0 atom stereocenters. The number of para-hydroxylation sites is 1. The quantitative estimate of drug-likeness (QED) is 0.536. The number of aromatic amines is 1. The van der Waals surface area contributed by atoms with Crippen molar-refractivity contribution in [1.29, 1.82) is 0 Å². The predicted molar refractivity (Wildman–Crippen MR) is 127 cm³/mol. The van der Waals surface area contributed by atoms with E-state index in [1.54, 1.807) is 30.5 Å². The Balaban J connectivity index is 1.18. The number of nitrogens with zero attached hydrogens (tertiary/aromatic N) is 2. The van der Waals surface area contributed by atoms with Gasteiger partial charge in [-0.1, -0.05) is 18.2 Å². The molecule has 3 aromatic rings. The summed E-state index contributed by atoms with van der Waals surface area (Å²) >= 11 is 0. The van der Waals surface area contributed by atoms with Crippen molar-refractivity contribution < 1.29 is 17.9 Å². The highest BCUT2D eigenvalue weighted by atomic mass is 32.2. The Morgan fingerprint density at radius 2 is 1.67 bits per heavy atom. The van der Waals surface area contributed by atoms with Gasteiger partial charge in [0.15, 0.2) is 5.78 Å². The number of ether oxygens (including phenoxy) is 1. The molecule has 7 nitrogen and oxygen atoms in total. The number of sulfonamides is 1. The second-order valence-corrected chi connectivity index (χ2v) is 10.8. The van der Waals surface area contributed by atoms with Crippen LogP contribution in [-0.4, -0.2) is 67.2 Å². The minimum atomic E-state index is -3.57. The Morgan fingerprint density at radius 3 is 2.39 bits per heavy atom. The summed E-state index contributed by atoms with van der Waals surface area (Å²) in [6.07, 6.45) is 6.51. The minimum Gasteiger partial charge on any atom is -0.490 e. The molecule has 1 aromatic heterocycles. The van der Waals surface area contributed by atoms with E-state index < -0.39 is 10.0 Å². The molecule has 33 heavy (non-hydrogen) atoms. The van der Waals surface area contributed by atoms with Crippen LogP contribution in [0.25, 0.3) is 10.9 Å². The fourth-order valence-electron chi connectivity index (χ4n) is 4.76. The maximum absolute atomic E-state index is 13.1. The number of rotatable bonds is 7. The number of hydrogen-bond acceptors (Lipinski definition) is 5. The number of fused-ring (bicyclic) bond motifs is 1. The third kappa shape index (κ3) is 4.69. The number of H-pyrrole nitrogens is 1. The summed E-state index contributed by atoms with van der Waals surface area (Å²) in [6.45, 7) is 2.06. The van der Waals surface area contributed by atoms with Crippen LogP contribution in [0.15, 0.2) is 59.6 Å². The lowest BCUT2D eigenvalue weighted by Crippen LogP contribution is -2.49. The maximum Gasteiger partial charge on any atom is 0.243 e. The van der Waals surface area contributed by atoms with Gasteiger partial charge in [0.25, 0.3) is 0 Å². The highest BCUT2D eigenvalue weighted by Crippen LogP contribution is 2.26. The molecule has 2 heterocycles. The van der Waals surface area contributed by atoms with Gasteiger partial charge in [-0.2, -0.15) is 4.31 Å². The summed E-state index contributed by atoms with van der Waals surface area (Å²) in [6, 6.07) is 14.5. The van der Waals surface area contributed by atoms with E-state index in [0.29, 0.717) is 31.7 Å². The Morgan fingerprint density at radius 1 is 0.970 bits per heavy atom. The van der Waals surface area contributed by atoms with Crippen molar-refractivity contribution in [2.45, 2.75) is 36.7 Å². The highest BCUT2D eigenvalue weighted by molar-refractivity contribution is 7.89. The van der Waals surface area contributed by atoms with Gasteiger partial charge in [0.2, 0.25) is 10.0 Å². The van der Waals surface area contributed by atoms with Gasteiger partial charge in [0.1, 0.15) is 5.75 Å². The molecule has 1 N–H and O–H groups in total. The molecule has 2 fully saturated rings. The second kappa shape index (κ2) is 9.29. The predicted octanol–water partition coefficient (Wildman–Crippen LogP) is 3.68. The summed E-state index contributed by atoms with van der Waals surface area (Å²) in [5, 5.41) is 0.920. The van der Waals surface area contributed by atoms with E-state index in [1.807, 2.05) is 29.2 Å². The Bertz CT molecular complexity index is 1220. The van der Waals surface area contributed by atoms with Gasteiger partial charge < -0.3 is 9.72 Å². The van der Waals surface area contributed by atoms with Crippen molar-refractivity contribution in [3.05, 3.63) is 60.3 Å². The van der Waals surface area contributed by atoms with Gasteiger partial charge in [0, 0.05) is 48.8 Å². The summed E-state index contributed by atoms with van der Waals surface area (Å²) in [5.74, 6) is 0.767. The van der Waals surface area contributed by atoms with Crippen LogP contribution in [0.1, 0.15) is 36.0 Å². The first-order chi connectivity index (χ1) is 16.0. The van der Waals surface area contributed by atoms with Crippen LogP contribution in [0.3, 0.4) is 0 Å². The van der Waals surface area contributed by atoms with Crippen molar-refractivity contribution in [1.82, 2.24) is 14.2 Å². The summed E-state index contributed by atoms with van der Waals surface area (Å²) in [7, 11) is -3.57. The molecule has 8 heteroatoms. The molecule has 174 valence electrons. The number of ketones is 1. The van der Waals surface area contributed by atoms with Gasteiger partial charge in [-0.25, -0.2) is 8.42 Å². The average Bonchev–Trinajstić information content (AvgIpc) is 3.50. The molecular formula is C25H29N3O4S. The smallest absolute Gasteiger partial charge is 0.243 e. The van der Waals surface area contributed by atoms with Crippen molar-refractivity contribution in [2.75, 3.05) is 32.7 Å². The molecule has 1 aliphatic heterocycles. The SMILES string of the molecule is O=C(CN1CCN(S(=O)(=O)c2ccc(OC3CCCC3)cc2)CC1)c1c[nH]c2ccccc12. The van der Waals surface area contributed by atoms with Crippen LogP contribution in [0.2, 0.25) is 0 Å². The first kappa shape index (κ1) is 22.1. The molecule has 1 aliphatic carbocycles. The average molecular weight is 468 g/mol. The van der Waals surface area contributed by atoms with Crippen molar-refractivity contribution >= 4 is 26.7 Å². The monoisotopic (exact) mass is 467 g/mol. The van der Waals surface area contributed by atoms with Gasteiger partial charge in [-0.05, 0) is 56.0 Å². The van der Waals surface area contributed by atoms with Crippen LogP contribution in [0.5, 0.6) is 5.75 Å². The number of carbonyl (C=O) groups is 1. The zero-order valence-corrected chi connectivity index (χ0v) is 19.4. The van der Waals surface area contributed by atoms with Gasteiger partial charge in [-0.3, -0.25) is 9.69 Å². The molecule has 2 aromatic carbocycles. The summed E-state index contributed by atoms with van der Waals surface area (Å²) in [5.41, 5.74) is 1.62. The van der Waals surface area contributed by atoms with Crippen molar-refractivity contribution in [2.24, 2.45) is 0 Å². The van der Waals surface area contributed by atoms with E-state index in [4.69, 9.17) is 4.74 Å². The molecule has 5 rings (SSSR count). The highest BCUT2D eigenvalue weighted by Gasteiger charge is 2.29. The zero-order chi connectivity index (χ0) is 22.8. The van der Waals surface area contributed by atoms with Gasteiger partial charge >= 0.3 is 0 Å². The fraction of sp³-hybridized carbons (Fsp3) is 0.400. The standard InChI is InChI=1S/C25H29N3O4S/c29-25(23-17-26-24-8-4-3-7-22(23)24)18-27-13-15-28(16-14-27)33(30,31)21-11-9-20(10-12-21)32-19-5-1-2-6-19/h3-4,7-12,17,19,26H,1-2,5-6,13-16,18H2. The molecule has 0 bridgehead atoms. The third-order valence-electron chi connectivity index (χ3n) is 6.65. The van der Waals surface area contributed by atoms with Crippen LogP contribution in [0.4, 0.5) is 0 Å². The lowest BCUT2D eigenvalue weighted by molar-refractivity contribution is 0.0903. The lowest BCUT2D eigenvalue weighted by atomic mass is 10.1. The first-order valence-electron chi connectivity index (χ1n) is 11.6. The van der Waals surface area contributed by atoms with Crippen molar-refractivity contribution in [3.63, 3.8) is 0 Å². The molecule has 0 unspecified atom stereocenters. The Hall–Kier alpha value is -2.68. The first-order valence-corrected chi connectivity index (χ1v) is 13.0. The molecule has 0 amide bonds. The molecular weight excluding hydrogens is 438 g/mol. The topological polar surface area (TPSA) is 82.7 Å². The van der Waals surface area contributed by atoms with Gasteiger partial charge in [0.05, 0.1) is 17.5 Å². The molecule has 2 aliphatic rings. The van der Waals surface area contributed by atoms with E-state index in [0.717, 1.165) is 29.5 Å². The molecule has 0 radical (unpaired) electrons. The summed E-state index contributed by atoms with van der Waals surface area (Å²) < 4.78 is 33.7. The van der Waals surface area contributed by atoms with Crippen LogP contribution >= 0.6 is 0 Å². The molecule has 0 spiro atoms.